The number of nitrogens with one attached hydrogen (secondary N) is 1. The average molecular weight is 290 g/mol. The Hall–Kier alpha value is -2.04. The van der Waals surface area contributed by atoms with E-state index in [1.807, 2.05) is 6.07 Å². The molecular weight excluding hydrogens is 268 g/mol. The number of hydrogen-bond donors (Lipinski definition) is 2. The lowest BCUT2D eigenvalue weighted by atomic mass is 9.92. The summed E-state index contributed by atoms with van der Waals surface area (Å²) in [6.07, 6.45) is 2.98. The van der Waals surface area contributed by atoms with Crippen LogP contribution in [0.4, 0.5) is 4.79 Å². The van der Waals surface area contributed by atoms with Gasteiger partial charge in [0.2, 0.25) is 0 Å². The minimum atomic E-state index is -0.893. The molecule has 1 aromatic carbocycles. The van der Waals surface area contributed by atoms with Gasteiger partial charge in [-0.1, -0.05) is 30.3 Å². The molecule has 0 bridgehead atoms. The summed E-state index contributed by atoms with van der Waals surface area (Å²) in [6.45, 7) is 1.65. The first-order valence-corrected chi connectivity index (χ1v) is 7.46. The Labute approximate surface area is 125 Å². The quantitative estimate of drug-likeness (QED) is 0.895. The van der Waals surface area contributed by atoms with Crippen molar-refractivity contribution < 1.29 is 14.7 Å². The number of hydrogen-bond acceptors (Lipinski definition) is 2. The summed E-state index contributed by atoms with van der Waals surface area (Å²) in [5.41, 5.74) is 1.34. The van der Waals surface area contributed by atoms with Crippen LogP contribution in [-0.4, -0.2) is 41.6 Å². The molecule has 2 N–H and O–H groups in total. The molecule has 0 saturated carbocycles. The molecule has 1 heterocycles. The maximum absolute atomic E-state index is 12.0. The second-order valence-electron chi connectivity index (χ2n) is 5.40. The number of carbonyl (C=O) groups excluding carboxylic acids is 1. The first-order valence-electron chi connectivity index (χ1n) is 7.46. The van der Waals surface area contributed by atoms with Crippen molar-refractivity contribution in [2.45, 2.75) is 31.6 Å². The third-order valence-electron chi connectivity index (χ3n) is 3.90. The number of carbonyl (C=O) groups is 2. The zero-order valence-corrected chi connectivity index (χ0v) is 12.1. The van der Waals surface area contributed by atoms with Crippen molar-refractivity contribution in [3.8, 4) is 0 Å². The summed E-state index contributed by atoms with van der Waals surface area (Å²) in [6, 6.07) is 10.3. The molecule has 2 rings (SSSR count). The van der Waals surface area contributed by atoms with Gasteiger partial charge in [-0.2, -0.15) is 0 Å². The molecule has 114 valence electrons. The lowest BCUT2D eigenvalue weighted by Gasteiger charge is -2.21. The minimum Gasteiger partial charge on any atom is -0.481 e. The lowest BCUT2D eigenvalue weighted by molar-refractivity contribution is -0.136. The highest BCUT2D eigenvalue weighted by Crippen LogP contribution is 2.27. The van der Waals surface area contributed by atoms with Crippen molar-refractivity contribution in [2.24, 2.45) is 0 Å². The molecule has 1 saturated heterocycles. The van der Waals surface area contributed by atoms with Crippen LogP contribution < -0.4 is 5.32 Å². The largest absolute Gasteiger partial charge is 0.481 e. The van der Waals surface area contributed by atoms with Crippen molar-refractivity contribution in [2.75, 3.05) is 19.6 Å². The number of carboxylic acid groups (broad SMARTS) is 1. The Morgan fingerprint density at radius 2 is 1.95 bits per heavy atom. The van der Waals surface area contributed by atoms with E-state index in [1.54, 1.807) is 4.90 Å². The topological polar surface area (TPSA) is 69.6 Å². The fourth-order valence-corrected chi connectivity index (χ4v) is 2.75. The normalized spacial score (nSPS) is 18.9. The number of urea groups is 1. The van der Waals surface area contributed by atoms with Crippen molar-refractivity contribution >= 4 is 12.0 Å². The highest BCUT2D eigenvalue weighted by Gasteiger charge is 2.21. The Bertz CT molecular complexity index is 476. The molecule has 1 fully saturated rings. The Morgan fingerprint density at radius 3 is 2.67 bits per heavy atom. The fraction of sp³-hybridized carbons (Fsp3) is 0.500. The molecule has 0 aromatic heterocycles. The number of likely N-dealkylation sites (tertiary alicyclic amines) is 1. The van der Waals surface area contributed by atoms with Crippen molar-refractivity contribution in [1.29, 1.82) is 0 Å². The smallest absolute Gasteiger partial charge is 0.317 e. The van der Waals surface area contributed by atoms with Gasteiger partial charge in [-0.15, -0.1) is 0 Å². The zero-order chi connectivity index (χ0) is 15.1. The van der Waals surface area contributed by atoms with Gasteiger partial charge in [0.1, 0.15) is 0 Å². The van der Waals surface area contributed by atoms with Gasteiger partial charge < -0.3 is 15.3 Å². The SMILES string of the molecule is O=C(O)CCNC(=O)N1CCCC(c2ccccc2)CC1. The highest BCUT2D eigenvalue weighted by molar-refractivity contribution is 5.75. The minimum absolute atomic E-state index is 0.0355. The Kier molecular flexibility index (Phi) is 5.60. The molecule has 1 unspecified atom stereocenters. The maximum Gasteiger partial charge on any atom is 0.317 e. The van der Waals surface area contributed by atoms with E-state index in [0.29, 0.717) is 5.92 Å². The predicted molar refractivity (Wildman–Crippen MR) is 80.3 cm³/mol. The third-order valence-corrected chi connectivity index (χ3v) is 3.90. The highest BCUT2D eigenvalue weighted by atomic mass is 16.4. The monoisotopic (exact) mass is 290 g/mol. The van der Waals surface area contributed by atoms with Crippen molar-refractivity contribution in [1.82, 2.24) is 10.2 Å². The van der Waals surface area contributed by atoms with Gasteiger partial charge in [0.25, 0.3) is 0 Å². The Balaban J connectivity index is 1.83. The molecule has 21 heavy (non-hydrogen) atoms. The van der Waals surface area contributed by atoms with Crippen LogP contribution in [0.1, 0.15) is 37.2 Å². The number of benzene rings is 1. The fourth-order valence-electron chi connectivity index (χ4n) is 2.75. The van der Waals surface area contributed by atoms with Gasteiger partial charge in [-0.25, -0.2) is 4.79 Å². The second-order valence-corrected chi connectivity index (χ2v) is 5.40. The third kappa shape index (κ3) is 4.77. The van der Waals surface area contributed by atoms with Gasteiger partial charge in [0.15, 0.2) is 0 Å². The second kappa shape index (κ2) is 7.67. The molecule has 1 aromatic rings. The van der Waals surface area contributed by atoms with Crippen LogP contribution in [0.15, 0.2) is 30.3 Å². The first-order chi connectivity index (χ1) is 10.2. The Morgan fingerprint density at radius 1 is 1.19 bits per heavy atom. The summed E-state index contributed by atoms with van der Waals surface area (Å²) in [7, 11) is 0. The van der Waals surface area contributed by atoms with E-state index in [4.69, 9.17) is 5.11 Å². The average Bonchev–Trinajstić information content (AvgIpc) is 2.73. The van der Waals surface area contributed by atoms with E-state index in [9.17, 15) is 9.59 Å². The summed E-state index contributed by atoms with van der Waals surface area (Å²) >= 11 is 0. The van der Waals surface area contributed by atoms with Crippen molar-refractivity contribution in [3.63, 3.8) is 0 Å². The maximum atomic E-state index is 12.0. The lowest BCUT2D eigenvalue weighted by Crippen LogP contribution is -2.41. The zero-order valence-electron chi connectivity index (χ0n) is 12.1. The molecule has 1 aliphatic rings. The van der Waals surface area contributed by atoms with E-state index >= 15 is 0 Å². The van der Waals surface area contributed by atoms with Crippen LogP contribution in [0.25, 0.3) is 0 Å². The number of amides is 2. The molecule has 0 spiro atoms. The van der Waals surface area contributed by atoms with Crippen LogP contribution >= 0.6 is 0 Å². The number of carboxylic acids is 1. The predicted octanol–water partition coefficient (Wildman–Crippen LogP) is 2.44. The van der Waals surface area contributed by atoms with E-state index < -0.39 is 5.97 Å². The van der Waals surface area contributed by atoms with Gasteiger partial charge in [0, 0.05) is 19.6 Å². The number of aliphatic carboxylic acids is 1. The molecule has 0 aliphatic carbocycles. The first kappa shape index (κ1) is 15.4. The number of rotatable bonds is 4. The van der Waals surface area contributed by atoms with Crippen LogP contribution in [0.2, 0.25) is 0 Å². The van der Waals surface area contributed by atoms with Crippen LogP contribution in [0.3, 0.4) is 0 Å². The summed E-state index contributed by atoms with van der Waals surface area (Å²) in [4.78, 5) is 24.2. The molecule has 2 amide bonds. The van der Waals surface area contributed by atoms with E-state index in [0.717, 1.165) is 32.4 Å². The van der Waals surface area contributed by atoms with Crippen LogP contribution in [0.5, 0.6) is 0 Å². The summed E-state index contributed by atoms with van der Waals surface area (Å²) in [5.74, 6) is -0.390. The molecule has 5 heteroatoms. The van der Waals surface area contributed by atoms with E-state index in [-0.39, 0.29) is 19.0 Å². The molecule has 5 nitrogen and oxygen atoms in total. The van der Waals surface area contributed by atoms with Crippen molar-refractivity contribution in [3.05, 3.63) is 35.9 Å². The van der Waals surface area contributed by atoms with Crippen LogP contribution in [0, 0.1) is 0 Å². The van der Waals surface area contributed by atoms with Crippen LogP contribution in [-0.2, 0) is 4.79 Å². The molecule has 1 atom stereocenters. The summed E-state index contributed by atoms with van der Waals surface area (Å²) in [5, 5.41) is 11.2. The summed E-state index contributed by atoms with van der Waals surface area (Å²) < 4.78 is 0. The van der Waals surface area contributed by atoms with Gasteiger partial charge in [-0.05, 0) is 30.7 Å². The van der Waals surface area contributed by atoms with Gasteiger partial charge in [0.05, 0.1) is 6.42 Å². The van der Waals surface area contributed by atoms with E-state index in [2.05, 4.69) is 29.6 Å². The van der Waals surface area contributed by atoms with Gasteiger partial charge in [-0.3, -0.25) is 4.79 Å². The molecular formula is C16H22N2O3. The standard InChI is InChI=1S/C16H22N2O3/c19-15(20)8-10-17-16(21)18-11-4-7-14(9-12-18)13-5-2-1-3-6-13/h1-3,5-6,14H,4,7-12H2,(H,17,21)(H,19,20). The van der Waals surface area contributed by atoms with Gasteiger partial charge >= 0.3 is 12.0 Å². The number of nitrogens with zero attached hydrogens (tertiary/aromatic N) is 1. The molecule has 1 aliphatic heterocycles. The van der Waals surface area contributed by atoms with E-state index in [1.165, 1.54) is 5.56 Å². The molecule has 0 radical (unpaired) electrons.